The molecule has 166 valence electrons. The van der Waals surface area contributed by atoms with Crippen LogP contribution in [-0.4, -0.2) is 24.5 Å². The smallest absolute Gasteiger partial charge is 0.314 e. The van der Waals surface area contributed by atoms with Crippen LogP contribution in [0.15, 0.2) is 101 Å². The van der Waals surface area contributed by atoms with E-state index in [1.54, 1.807) is 18.3 Å². The number of hydrogen-bond donors (Lipinski definition) is 2. The van der Waals surface area contributed by atoms with Gasteiger partial charge in [-0.25, -0.2) is 4.98 Å². The van der Waals surface area contributed by atoms with Crippen LogP contribution in [0.5, 0.6) is 0 Å². The zero-order valence-electron chi connectivity index (χ0n) is 18.3. The molecule has 7 aromatic rings. The molecule has 0 aliphatic rings. The van der Waals surface area contributed by atoms with Gasteiger partial charge < -0.3 is 14.5 Å². The van der Waals surface area contributed by atoms with Gasteiger partial charge in [0.2, 0.25) is 0 Å². The molecule has 0 aliphatic heterocycles. The van der Waals surface area contributed by atoms with Crippen molar-refractivity contribution in [2.24, 2.45) is 0 Å². The minimum Gasteiger partial charge on any atom is -0.316 e. The van der Waals surface area contributed by atoms with Crippen LogP contribution in [0, 0.1) is 0 Å². The molecule has 7 nitrogen and oxygen atoms in total. The Hall–Kier alpha value is -5.04. The number of fused-ring (bicyclic) bond motifs is 6. The van der Waals surface area contributed by atoms with E-state index in [2.05, 4.69) is 55.9 Å². The molecule has 0 saturated carbocycles. The summed E-state index contributed by atoms with van der Waals surface area (Å²) in [5, 5.41) is 2.26. The van der Waals surface area contributed by atoms with Crippen LogP contribution >= 0.6 is 0 Å². The van der Waals surface area contributed by atoms with Crippen LogP contribution in [0.3, 0.4) is 0 Å². The van der Waals surface area contributed by atoms with Gasteiger partial charge in [0.15, 0.2) is 0 Å². The standard InChI is InChI=1S/C28H17N5O2/c34-27-28(35)32-26-21(31-27)12-11-20-25(26)30-22(15-29-20)16-10-13-24-19(14-16)18-8-4-5-9-23(18)33(24)17-6-2-1-3-7-17/h1-15H,(H,31,34)(H,32,35). The average molecular weight is 455 g/mol. The van der Waals surface area contributed by atoms with E-state index in [-0.39, 0.29) is 0 Å². The lowest BCUT2D eigenvalue weighted by Crippen LogP contribution is -2.29. The molecule has 7 rings (SSSR count). The van der Waals surface area contributed by atoms with Crippen LogP contribution in [0.2, 0.25) is 0 Å². The Morgan fingerprint density at radius 2 is 1.49 bits per heavy atom. The van der Waals surface area contributed by atoms with Crippen LogP contribution < -0.4 is 11.1 Å². The van der Waals surface area contributed by atoms with Gasteiger partial charge in [0.1, 0.15) is 5.52 Å². The van der Waals surface area contributed by atoms with Gasteiger partial charge in [-0.05, 0) is 42.5 Å². The average Bonchev–Trinajstić information content (AvgIpc) is 3.23. The number of H-pyrrole nitrogens is 2. The number of para-hydroxylation sites is 2. The molecule has 3 aromatic heterocycles. The first-order chi connectivity index (χ1) is 17.2. The number of hydrogen-bond acceptors (Lipinski definition) is 4. The van der Waals surface area contributed by atoms with Crippen molar-refractivity contribution in [2.45, 2.75) is 0 Å². The predicted octanol–water partition coefficient (Wildman–Crippen LogP) is 4.92. The molecule has 0 aliphatic carbocycles. The molecule has 0 unspecified atom stereocenters. The van der Waals surface area contributed by atoms with Crippen LogP contribution in [0.4, 0.5) is 0 Å². The lowest BCUT2D eigenvalue weighted by atomic mass is 10.1. The fraction of sp³-hybridized carbons (Fsp3) is 0. The third kappa shape index (κ3) is 2.92. The highest BCUT2D eigenvalue weighted by Gasteiger charge is 2.14. The van der Waals surface area contributed by atoms with Crippen LogP contribution in [-0.2, 0) is 0 Å². The van der Waals surface area contributed by atoms with Gasteiger partial charge in [-0.2, -0.15) is 0 Å². The number of aromatic nitrogens is 5. The molecular weight excluding hydrogens is 438 g/mol. The highest BCUT2D eigenvalue weighted by molar-refractivity contribution is 6.10. The Kier molecular flexibility index (Phi) is 4.01. The molecule has 0 atom stereocenters. The van der Waals surface area contributed by atoms with Crippen molar-refractivity contribution >= 4 is 43.9 Å². The van der Waals surface area contributed by atoms with Gasteiger partial charge in [-0.15, -0.1) is 0 Å². The first-order valence-corrected chi connectivity index (χ1v) is 11.2. The number of aromatic amines is 2. The van der Waals surface area contributed by atoms with Crippen molar-refractivity contribution < 1.29 is 0 Å². The first kappa shape index (κ1) is 19.4. The van der Waals surface area contributed by atoms with Gasteiger partial charge in [0, 0.05) is 22.0 Å². The topological polar surface area (TPSA) is 96.4 Å². The number of rotatable bonds is 2. The molecule has 4 aromatic carbocycles. The molecule has 0 fully saturated rings. The lowest BCUT2D eigenvalue weighted by molar-refractivity contribution is 1.14. The molecule has 3 heterocycles. The largest absolute Gasteiger partial charge is 0.316 e. The molecular formula is C28H17N5O2. The number of benzene rings is 4. The van der Waals surface area contributed by atoms with Crippen molar-refractivity contribution in [1.82, 2.24) is 24.5 Å². The summed E-state index contributed by atoms with van der Waals surface area (Å²) in [6.45, 7) is 0. The maximum Gasteiger partial charge on any atom is 0.314 e. The van der Waals surface area contributed by atoms with E-state index in [0.717, 1.165) is 33.1 Å². The SMILES string of the molecule is O=c1[nH]c2ccc3ncc(-c4ccc5c(c4)c4ccccc4n5-c4ccccc4)nc3c2[nH]c1=O. The maximum absolute atomic E-state index is 12.0. The summed E-state index contributed by atoms with van der Waals surface area (Å²) in [5.41, 5.74) is 5.63. The summed E-state index contributed by atoms with van der Waals surface area (Å²) < 4.78 is 2.26. The summed E-state index contributed by atoms with van der Waals surface area (Å²) in [6, 6.07) is 28.4. The number of nitrogens with zero attached hydrogens (tertiary/aromatic N) is 3. The van der Waals surface area contributed by atoms with E-state index in [1.807, 2.05) is 36.4 Å². The summed E-state index contributed by atoms with van der Waals surface area (Å²) in [4.78, 5) is 38.4. The predicted molar refractivity (Wildman–Crippen MR) is 138 cm³/mol. The second-order valence-electron chi connectivity index (χ2n) is 8.44. The van der Waals surface area contributed by atoms with Gasteiger partial charge in [-0.1, -0.05) is 42.5 Å². The van der Waals surface area contributed by atoms with Gasteiger partial charge in [0.25, 0.3) is 0 Å². The van der Waals surface area contributed by atoms with Crippen molar-refractivity contribution in [3.05, 3.63) is 112 Å². The minimum absolute atomic E-state index is 0.461. The van der Waals surface area contributed by atoms with E-state index in [1.165, 1.54) is 0 Å². The molecule has 0 saturated heterocycles. The Bertz CT molecular complexity index is 2050. The van der Waals surface area contributed by atoms with Gasteiger partial charge in [-0.3, -0.25) is 14.6 Å². The van der Waals surface area contributed by atoms with E-state index in [9.17, 15) is 9.59 Å². The van der Waals surface area contributed by atoms with E-state index in [4.69, 9.17) is 4.98 Å². The quantitative estimate of drug-likeness (QED) is 0.286. The Balaban J connectivity index is 1.49. The molecule has 0 amide bonds. The van der Waals surface area contributed by atoms with E-state index in [0.29, 0.717) is 27.8 Å². The van der Waals surface area contributed by atoms with E-state index < -0.39 is 11.1 Å². The summed E-state index contributed by atoms with van der Waals surface area (Å²) in [6.07, 6.45) is 1.73. The normalized spacial score (nSPS) is 11.7. The van der Waals surface area contributed by atoms with Crippen molar-refractivity contribution in [1.29, 1.82) is 0 Å². The summed E-state index contributed by atoms with van der Waals surface area (Å²) >= 11 is 0. The summed E-state index contributed by atoms with van der Waals surface area (Å²) in [7, 11) is 0. The van der Waals surface area contributed by atoms with Gasteiger partial charge >= 0.3 is 11.1 Å². The second kappa shape index (κ2) is 7.23. The highest BCUT2D eigenvalue weighted by Crippen LogP contribution is 2.34. The van der Waals surface area contributed by atoms with Gasteiger partial charge in [0.05, 0.1) is 39.5 Å². The molecule has 0 spiro atoms. The second-order valence-corrected chi connectivity index (χ2v) is 8.44. The fourth-order valence-electron chi connectivity index (χ4n) is 4.78. The molecule has 7 heteroatoms. The Morgan fingerprint density at radius 3 is 2.37 bits per heavy atom. The van der Waals surface area contributed by atoms with E-state index >= 15 is 0 Å². The molecule has 0 radical (unpaired) electrons. The molecule has 0 bridgehead atoms. The van der Waals surface area contributed by atoms with Crippen LogP contribution in [0.1, 0.15) is 0 Å². The van der Waals surface area contributed by atoms with Crippen molar-refractivity contribution in [2.75, 3.05) is 0 Å². The lowest BCUT2D eigenvalue weighted by Gasteiger charge is -2.08. The maximum atomic E-state index is 12.0. The minimum atomic E-state index is -0.715. The fourth-order valence-corrected chi connectivity index (χ4v) is 4.78. The van der Waals surface area contributed by atoms with Crippen molar-refractivity contribution in [3.63, 3.8) is 0 Å². The monoisotopic (exact) mass is 455 g/mol. The molecule has 35 heavy (non-hydrogen) atoms. The zero-order chi connectivity index (χ0) is 23.5. The Morgan fingerprint density at radius 1 is 0.714 bits per heavy atom. The third-order valence-corrected chi connectivity index (χ3v) is 6.39. The first-order valence-electron chi connectivity index (χ1n) is 11.2. The number of nitrogens with one attached hydrogen (secondary N) is 2. The summed E-state index contributed by atoms with van der Waals surface area (Å²) in [5.74, 6) is 0. The Labute approximate surface area is 197 Å². The molecule has 2 N–H and O–H groups in total. The van der Waals surface area contributed by atoms with Crippen molar-refractivity contribution in [3.8, 4) is 16.9 Å². The zero-order valence-corrected chi connectivity index (χ0v) is 18.3. The highest BCUT2D eigenvalue weighted by atomic mass is 16.2. The van der Waals surface area contributed by atoms with Crippen LogP contribution in [0.25, 0.3) is 60.8 Å². The third-order valence-electron chi connectivity index (χ3n) is 6.39.